The van der Waals surface area contributed by atoms with Crippen molar-refractivity contribution in [3.63, 3.8) is 0 Å². The summed E-state index contributed by atoms with van der Waals surface area (Å²) < 4.78 is 5.18. The van der Waals surface area contributed by atoms with Gasteiger partial charge in [-0.1, -0.05) is 0 Å². The zero-order valence-electron chi connectivity index (χ0n) is 9.13. The van der Waals surface area contributed by atoms with Crippen LogP contribution in [0.25, 0.3) is 0 Å². The van der Waals surface area contributed by atoms with Crippen molar-refractivity contribution in [2.75, 3.05) is 19.7 Å². The number of carbonyl (C=O) groups excluding carboxylic acids is 1. The number of rotatable bonds is 4. The normalized spacial score (nSPS) is 14.0. The Morgan fingerprint density at radius 1 is 1.47 bits per heavy atom. The molecule has 0 radical (unpaired) electrons. The number of hydrogen-bond donors (Lipinski definition) is 1. The Bertz CT molecular complexity index is 443. The van der Waals surface area contributed by atoms with Crippen LogP contribution in [0, 0.1) is 0 Å². The Morgan fingerprint density at radius 2 is 2.24 bits per heavy atom. The number of carboxylic acid groups (broad SMARTS) is 1. The largest absolute Gasteiger partial charge is 0.481 e. The average Bonchev–Trinajstić information content (AvgIpc) is 2.24. The second-order valence-corrected chi connectivity index (χ2v) is 3.68. The smallest absolute Gasteiger partial charge is 0.358 e. The molecule has 1 N–H and O–H groups in total. The molecule has 1 saturated heterocycles. The Labute approximate surface area is 97.8 Å². The number of likely N-dealkylation sites (tertiary alicyclic amines) is 1. The number of aromatic nitrogens is 1. The minimum Gasteiger partial charge on any atom is -0.481 e. The van der Waals surface area contributed by atoms with Crippen LogP contribution in [0.5, 0.6) is 5.75 Å². The van der Waals surface area contributed by atoms with E-state index < -0.39 is 5.97 Å². The highest BCUT2D eigenvalue weighted by atomic mass is 16.5. The second kappa shape index (κ2) is 4.82. The Balaban J connectivity index is 1.98. The van der Waals surface area contributed by atoms with Gasteiger partial charge in [0.2, 0.25) is 0 Å². The zero-order chi connectivity index (χ0) is 12.3. The minimum atomic E-state index is -1.17. The van der Waals surface area contributed by atoms with E-state index in [-0.39, 0.29) is 24.0 Å². The van der Waals surface area contributed by atoms with E-state index in [1.807, 2.05) is 0 Å². The number of nitrogens with zero attached hydrogens (tertiary/aromatic N) is 2. The highest BCUT2D eigenvalue weighted by Crippen LogP contribution is 2.15. The van der Waals surface area contributed by atoms with E-state index in [1.165, 1.54) is 12.3 Å². The first-order chi connectivity index (χ1) is 8.18. The fourth-order valence-electron chi connectivity index (χ4n) is 1.46. The predicted octanol–water partition coefficient (Wildman–Crippen LogP) is 0.391. The van der Waals surface area contributed by atoms with Gasteiger partial charge in [-0.25, -0.2) is 9.78 Å². The Morgan fingerprint density at radius 3 is 2.82 bits per heavy atom. The number of hydrogen-bond acceptors (Lipinski definition) is 4. The van der Waals surface area contributed by atoms with E-state index in [9.17, 15) is 9.59 Å². The van der Waals surface area contributed by atoms with Crippen molar-refractivity contribution in [3.8, 4) is 5.75 Å². The summed E-state index contributed by atoms with van der Waals surface area (Å²) in [5.74, 6) is -1.18. The van der Waals surface area contributed by atoms with Gasteiger partial charge in [-0.05, 0) is 18.6 Å². The molecule has 2 heterocycles. The van der Waals surface area contributed by atoms with Crippen LogP contribution in [0.3, 0.4) is 0 Å². The van der Waals surface area contributed by atoms with Crippen molar-refractivity contribution >= 4 is 11.9 Å². The summed E-state index contributed by atoms with van der Waals surface area (Å²) in [5.41, 5.74) is -0.177. The molecule has 2 rings (SSSR count). The molecule has 90 valence electrons. The third-order valence-electron chi connectivity index (χ3n) is 2.53. The molecule has 17 heavy (non-hydrogen) atoms. The van der Waals surface area contributed by atoms with Gasteiger partial charge < -0.3 is 14.7 Å². The lowest BCUT2D eigenvalue weighted by Gasteiger charge is -2.30. The summed E-state index contributed by atoms with van der Waals surface area (Å²) >= 11 is 0. The minimum absolute atomic E-state index is 0.119. The molecule has 1 fully saturated rings. The number of pyridine rings is 1. The summed E-state index contributed by atoms with van der Waals surface area (Å²) in [6, 6.07) is 3.05. The fourth-order valence-corrected chi connectivity index (χ4v) is 1.46. The monoisotopic (exact) mass is 236 g/mol. The van der Waals surface area contributed by atoms with E-state index in [4.69, 9.17) is 9.84 Å². The molecule has 0 saturated carbocycles. The van der Waals surface area contributed by atoms with Crippen molar-refractivity contribution in [1.29, 1.82) is 0 Å². The third kappa shape index (κ3) is 2.52. The van der Waals surface area contributed by atoms with Gasteiger partial charge in [-0.3, -0.25) is 4.79 Å². The summed E-state index contributed by atoms with van der Waals surface area (Å²) in [4.78, 5) is 27.7. The molecule has 0 aromatic carbocycles. The van der Waals surface area contributed by atoms with E-state index in [0.717, 1.165) is 19.5 Å². The third-order valence-corrected chi connectivity index (χ3v) is 2.53. The lowest BCUT2D eigenvalue weighted by Crippen LogP contribution is -2.44. The van der Waals surface area contributed by atoms with Crippen LogP contribution in [0.4, 0.5) is 0 Å². The lowest BCUT2D eigenvalue weighted by molar-refractivity contribution is -0.136. The van der Waals surface area contributed by atoms with Crippen LogP contribution in [0.15, 0.2) is 18.3 Å². The maximum absolute atomic E-state index is 11.5. The van der Waals surface area contributed by atoms with Gasteiger partial charge >= 0.3 is 5.97 Å². The molecule has 0 spiro atoms. The first kappa shape index (κ1) is 11.4. The SMILES string of the molecule is O=C(O)c1ncccc1OCC(=O)N1CCC1. The molecule has 1 aromatic heterocycles. The van der Waals surface area contributed by atoms with Crippen LogP contribution in [0.1, 0.15) is 16.9 Å². The molecule has 0 unspecified atom stereocenters. The fraction of sp³-hybridized carbons (Fsp3) is 0.364. The zero-order valence-corrected chi connectivity index (χ0v) is 9.13. The van der Waals surface area contributed by atoms with Crippen molar-refractivity contribution in [3.05, 3.63) is 24.0 Å². The summed E-state index contributed by atoms with van der Waals surface area (Å²) in [6.07, 6.45) is 2.38. The number of aromatic carboxylic acids is 1. The molecule has 6 nitrogen and oxygen atoms in total. The Kier molecular flexibility index (Phi) is 3.22. The molecule has 0 bridgehead atoms. The van der Waals surface area contributed by atoms with Crippen molar-refractivity contribution in [1.82, 2.24) is 9.88 Å². The van der Waals surface area contributed by atoms with E-state index in [0.29, 0.717) is 0 Å². The van der Waals surface area contributed by atoms with Gasteiger partial charge in [0.25, 0.3) is 5.91 Å². The molecule has 6 heteroatoms. The van der Waals surface area contributed by atoms with Crippen molar-refractivity contribution in [2.24, 2.45) is 0 Å². The number of carboxylic acids is 1. The molecule has 1 amide bonds. The molecule has 1 aliphatic heterocycles. The number of ether oxygens (including phenoxy) is 1. The maximum Gasteiger partial charge on any atom is 0.358 e. The topological polar surface area (TPSA) is 79.7 Å². The molecule has 0 atom stereocenters. The van der Waals surface area contributed by atoms with Gasteiger partial charge in [0.05, 0.1) is 0 Å². The van der Waals surface area contributed by atoms with E-state index >= 15 is 0 Å². The highest BCUT2D eigenvalue weighted by Gasteiger charge is 2.21. The van der Waals surface area contributed by atoms with Crippen LogP contribution >= 0.6 is 0 Å². The van der Waals surface area contributed by atoms with Crippen LogP contribution < -0.4 is 4.74 Å². The second-order valence-electron chi connectivity index (χ2n) is 3.68. The number of amides is 1. The first-order valence-electron chi connectivity index (χ1n) is 5.27. The van der Waals surface area contributed by atoms with Crippen molar-refractivity contribution < 1.29 is 19.4 Å². The van der Waals surface area contributed by atoms with Gasteiger partial charge in [0, 0.05) is 19.3 Å². The predicted molar refractivity (Wildman–Crippen MR) is 57.9 cm³/mol. The molecule has 1 aliphatic rings. The molecular formula is C11H12N2O4. The van der Waals surface area contributed by atoms with Crippen LogP contribution in [0.2, 0.25) is 0 Å². The highest BCUT2D eigenvalue weighted by molar-refractivity contribution is 5.88. The van der Waals surface area contributed by atoms with Gasteiger partial charge in [-0.15, -0.1) is 0 Å². The maximum atomic E-state index is 11.5. The standard InChI is InChI=1S/C11H12N2O4/c14-9(13-5-2-6-13)7-17-8-3-1-4-12-10(8)11(15)16/h1,3-4H,2,5-7H2,(H,15,16). The molecular weight excluding hydrogens is 224 g/mol. The Hall–Kier alpha value is -2.11. The van der Waals surface area contributed by atoms with Crippen LogP contribution in [-0.2, 0) is 4.79 Å². The lowest BCUT2D eigenvalue weighted by atomic mass is 10.2. The molecule has 1 aromatic rings. The van der Waals surface area contributed by atoms with Gasteiger partial charge in [0.15, 0.2) is 18.1 Å². The van der Waals surface area contributed by atoms with E-state index in [2.05, 4.69) is 4.98 Å². The van der Waals surface area contributed by atoms with E-state index in [1.54, 1.807) is 11.0 Å². The summed E-state index contributed by atoms with van der Waals surface area (Å²) in [7, 11) is 0. The molecule has 0 aliphatic carbocycles. The summed E-state index contributed by atoms with van der Waals surface area (Å²) in [6.45, 7) is 1.36. The first-order valence-corrected chi connectivity index (χ1v) is 5.27. The summed E-state index contributed by atoms with van der Waals surface area (Å²) in [5, 5.41) is 8.86. The quantitative estimate of drug-likeness (QED) is 0.818. The van der Waals surface area contributed by atoms with Crippen molar-refractivity contribution in [2.45, 2.75) is 6.42 Å². The van der Waals surface area contributed by atoms with Gasteiger partial charge in [0.1, 0.15) is 0 Å². The number of carbonyl (C=O) groups is 2. The van der Waals surface area contributed by atoms with Gasteiger partial charge in [-0.2, -0.15) is 0 Å². The van der Waals surface area contributed by atoms with Crippen LogP contribution in [-0.4, -0.2) is 46.6 Å². The average molecular weight is 236 g/mol.